The van der Waals surface area contributed by atoms with Crippen molar-refractivity contribution in [2.24, 2.45) is 0 Å². The number of carbonyl (C=O) groups is 3. The fourth-order valence-corrected chi connectivity index (χ4v) is 0.498. The van der Waals surface area contributed by atoms with Crippen LogP contribution in [-0.2, 0) is 19.1 Å². The van der Waals surface area contributed by atoms with Crippen molar-refractivity contribution in [2.45, 2.75) is 18.9 Å². The van der Waals surface area contributed by atoms with Crippen LogP contribution in [0.3, 0.4) is 0 Å². The van der Waals surface area contributed by atoms with Crippen LogP contribution in [-0.4, -0.2) is 23.6 Å². The van der Waals surface area contributed by atoms with Crippen molar-refractivity contribution in [3.63, 3.8) is 0 Å². The number of rotatable bonds is 4. The van der Waals surface area contributed by atoms with Gasteiger partial charge < -0.3 is 4.74 Å². The van der Waals surface area contributed by atoms with Crippen molar-refractivity contribution in [3.8, 4) is 0 Å². The van der Waals surface area contributed by atoms with Crippen molar-refractivity contribution in [1.29, 1.82) is 0 Å². The summed E-state index contributed by atoms with van der Waals surface area (Å²) in [6, 6.07) is 0. The number of halogens is 1. The van der Waals surface area contributed by atoms with Crippen molar-refractivity contribution in [1.82, 2.24) is 0 Å². The molecule has 0 saturated heterocycles. The SMILES string of the molecule is CC(=O)CC(=O)OC(Cl)C=O. The zero-order chi connectivity index (χ0) is 8.85. The minimum Gasteiger partial charge on any atom is -0.438 e. The van der Waals surface area contributed by atoms with Gasteiger partial charge in [-0.25, -0.2) is 0 Å². The van der Waals surface area contributed by atoms with Gasteiger partial charge in [0.2, 0.25) is 5.56 Å². The summed E-state index contributed by atoms with van der Waals surface area (Å²) in [5.74, 6) is -1.12. The van der Waals surface area contributed by atoms with E-state index in [1.54, 1.807) is 0 Å². The zero-order valence-electron chi connectivity index (χ0n) is 5.87. The molecule has 0 fully saturated rings. The summed E-state index contributed by atoms with van der Waals surface area (Å²) in [5.41, 5.74) is -1.29. The van der Waals surface area contributed by atoms with Gasteiger partial charge in [0, 0.05) is 0 Å². The second-order valence-corrected chi connectivity index (χ2v) is 2.29. The molecule has 5 heteroatoms. The van der Waals surface area contributed by atoms with Crippen LogP contribution in [0.25, 0.3) is 0 Å². The Morgan fingerprint density at radius 1 is 1.64 bits per heavy atom. The zero-order valence-corrected chi connectivity index (χ0v) is 6.63. The number of Topliss-reactive ketones (excluding diaryl/α,β-unsaturated/α-hetero) is 1. The minimum atomic E-state index is -1.29. The maximum absolute atomic E-state index is 10.5. The smallest absolute Gasteiger partial charge is 0.315 e. The average molecular weight is 179 g/mol. The van der Waals surface area contributed by atoms with Crippen LogP contribution < -0.4 is 0 Å². The Balaban J connectivity index is 3.69. The first-order chi connectivity index (χ1) is 5.06. The van der Waals surface area contributed by atoms with Crippen molar-refractivity contribution < 1.29 is 19.1 Å². The lowest BCUT2D eigenvalue weighted by molar-refractivity contribution is -0.149. The van der Waals surface area contributed by atoms with Gasteiger partial charge in [0.15, 0.2) is 6.29 Å². The Morgan fingerprint density at radius 3 is 2.55 bits per heavy atom. The number of ether oxygens (including phenoxy) is 1. The highest BCUT2D eigenvalue weighted by molar-refractivity contribution is 6.27. The Labute approximate surface area is 68.5 Å². The summed E-state index contributed by atoms with van der Waals surface area (Å²) in [6.07, 6.45) is -0.0867. The van der Waals surface area contributed by atoms with E-state index in [0.29, 0.717) is 0 Å². The maximum Gasteiger partial charge on any atom is 0.315 e. The largest absolute Gasteiger partial charge is 0.438 e. The molecular formula is C6H7ClO4. The van der Waals surface area contributed by atoms with E-state index >= 15 is 0 Å². The van der Waals surface area contributed by atoms with Crippen LogP contribution in [0.5, 0.6) is 0 Å². The Morgan fingerprint density at radius 2 is 2.18 bits per heavy atom. The van der Waals surface area contributed by atoms with Gasteiger partial charge in [-0.1, -0.05) is 11.6 Å². The molecule has 0 aliphatic carbocycles. The first-order valence-electron chi connectivity index (χ1n) is 2.84. The van der Waals surface area contributed by atoms with Gasteiger partial charge in [-0.3, -0.25) is 14.4 Å². The highest BCUT2D eigenvalue weighted by Gasteiger charge is 2.11. The molecule has 0 bridgehead atoms. The molecule has 0 aliphatic heterocycles. The Hall–Kier alpha value is -0.900. The van der Waals surface area contributed by atoms with Crippen LogP contribution in [0.4, 0.5) is 0 Å². The lowest BCUT2D eigenvalue weighted by Crippen LogP contribution is -2.15. The number of aldehydes is 1. The van der Waals surface area contributed by atoms with Gasteiger partial charge in [-0.15, -0.1) is 0 Å². The predicted molar refractivity (Wildman–Crippen MR) is 37.1 cm³/mol. The van der Waals surface area contributed by atoms with E-state index in [9.17, 15) is 14.4 Å². The number of esters is 1. The topological polar surface area (TPSA) is 60.4 Å². The van der Waals surface area contributed by atoms with E-state index in [2.05, 4.69) is 4.74 Å². The van der Waals surface area contributed by atoms with Gasteiger partial charge in [-0.2, -0.15) is 0 Å². The number of ketones is 1. The van der Waals surface area contributed by atoms with Gasteiger partial charge in [0.05, 0.1) is 0 Å². The number of hydrogen-bond donors (Lipinski definition) is 0. The monoisotopic (exact) mass is 178 g/mol. The molecule has 0 aromatic heterocycles. The second kappa shape index (κ2) is 4.85. The Kier molecular flexibility index (Phi) is 4.45. The van der Waals surface area contributed by atoms with Crippen LogP contribution in [0, 0.1) is 0 Å². The van der Waals surface area contributed by atoms with Crippen LogP contribution in [0.15, 0.2) is 0 Å². The summed E-state index contributed by atoms with van der Waals surface area (Å²) in [5, 5.41) is 0. The molecule has 62 valence electrons. The van der Waals surface area contributed by atoms with E-state index in [0.717, 1.165) is 0 Å². The van der Waals surface area contributed by atoms with E-state index in [1.165, 1.54) is 6.92 Å². The summed E-state index contributed by atoms with van der Waals surface area (Å²) < 4.78 is 4.25. The molecule has 0 radical (unpaired) electrons. The molecule has 0 N–H and O–H groups in total. The summed E-state index contributed by atoms with van der Waals surface area (Å²) in [6.45, 7) is 1.24. The molecule has 0 amide bonds. The van der Waals surface area contributed by atoms with Gasteiger partial charge in [0.25, 0.3) is 0 Å². The third-order valence-electron chi connectivity index (χ3n) is 0.744. The molecule has 1 atom stereocenters. The summed E-state index contributed by atoms with van der Waals surface area (Å²) in [7, 11) is 0. The summed E-state index contributed by atoms with van der Waals surface area (Å²) >= 11 is 5.12. The van der Waals surface area contributed by atoms with Crippen LogP contribution in [0.2, 0.25) is 0 Å². The third-order valence-corrected chi connectivity index (χ3v) is 0.936. The normalized spacial score (nSPS) is 11.8. The van der Waals surface area contributed by atoms with E-state index in [1.807, 2.05) is 0 Å². The standard InChI is InChI=1S/C6H7ClO4/c1-4(9)2-6(10)11-5(7)3-8/h3,5H,2H2,1H3. The fourth-order valence-electron chi connectivity index (χ4n) is 0.398. The number of hydrogen-bond acceptors (Lipinski definition) is 4. The third kappa shape index (κ3) is 5.54. The molecule has 0 spiro atoms. The van der Waals surface area contributed by atoms with Crippen molar-refractivity contribution in [2.75, 3.05) is 0 Å². The first kappa shape index (κ1) is 10.1. The van der Waals surface area contributed by atoms with Gasteiger partial charge >= 0.3 is 5.97 Å². The molecule has 11 heavy (non-hydrogen) atoms. The highest BCUT2D eigenvalue weighted by Crippen LogP contribution is 1.97. The van der Waals surface area contributed by atoms with Gasteiger partial charge in [-0.05, 0) is 6.92 Å². The molecular weight excluding hydrogens is 172 g/mol. The lowest BCUT2D eigenvalue weighted by Gasteiger charge is -2.02. The highest BCUT2D eigenvalue weighted by atomic mass is 35.5. The second-order valence-electron chi connectivity index (χ2n) is 1.86. The molecule has 0 rings (SSSR count). The van der Waals surface area contributed by atoms with Crippen molar-refractivity contribution in [3.05, 3.63) is 0 Å². The van der Waals surface area contributed by atoms with Crippen molar-refractivity contribution >= 4 is 29.6 Å². The quantitative estimate of drug-likeness (QED) is 0.268. The van der Waals surface area contributed by atoms with E-state index in [4.69, 9.17) is 11.6 Å². The number of alkyl halides is 1. The first-order valence-corrected chi connectivity index (χ1v) is 3.28. The average Bonchev–Trinajstić information content (AvgIpc) is 1.85. The van der Waals surface area contributed by atoms with Gasteiger partial charge in [0.1, 0.15) is 12.2 Å². The summed E-state index contributed by atoms with van der Waals surface area (Å²) in [4.78, 5) is 30.7. The lowest BCUT2D eigenvalue weighted by atomic mass is 10.3. The maximum atomic E-state index is 10.5. The predicted octanol–water partition coefficient (Wildman–Crippen LogP) is 0.272. The molecule has 1 unspecified atom stereocenters. The van der Waals surface area contributed by atoms with Crippen LogP contribution in [0.1, 0.15) is 13.3 Å². The minimum absolute atomic E-state index is 0.263. The molecule has 0 aromatic carbocycles. The molecule has 0 aromatic rings. The van der Waals surface area contributed by atoms with Crippen LogP contribution >= 0.6 is 11.6 Å². The Bertz CT molecular complexity index is 177. The molecule has 0 saturated carbocycles. The molecule has 0 heterocycles. The molecule has 4 nitrogen and oxygen atoms in total. The van der Waals surface area contributed by atoms with E-state index < -0.39 is 11.5 Å². The fraction of sp³-hybridized carbons (Fsp3) is 0.500. The molecule has 0 aliphatic rings. The number of carbonyl (C=O) groups excluding carboxylic acids is 3. The van der Waals surface area contributed by atoms with E-state index in [-0.39, 0.29) is 18.5 Å².